The van der Waals surface area contributed by atoms with Gasteiger partial charge in [0.05, 0.1) is 26.1 Å². The molecule has 2 rings (SSSR count). The van der Waals surface area contributed by atoms with Crippen molar-refractivity contribution >= 4 is 12.1 Å². The van der Waals surface area contributed by atoms with E-state index in [0.717, 1.165) is 5.56 Å². The number of amides is 1. The van der Waals surface area contributed by atoms with E-state index in [0.29, 0.717) is 6.54 Å². The van der Waals surface area contributed by atoms with Gasteiger partial charge in [0, 0.05) is 0 Å². The number of rotatable bonds is 4. The van der Waals surface area contributed by atoms with Gasteiger partial charge in [-0.2, -0.15) is 0 Å². The van der Waals surface area contributed by atoms with Crippen LogP contribution >= 0.6 is 0 Å². The highest BCUT2D eigenvalue weighted by molar-refractivity contribution is 5.74. The summed E-state index contributed by atoms with van der Waals surface area (Å²) in [6.07, 6.45) is -0.711. The standard InChI is InChI=1S/C14H17NO4/c1-10(11-6-4-3-5-7-11)15-9-12(19-14(15)17)8-13(16)18-2/h3-7,10,12H,8-9H2,1-2H3/t10-,12?/m1/s1. The SMILES string of the molecule is COC(=O)CC1CN([C@H](C)c2ccccc2)C(=O)O1. The lowest BCUT2D eigenvalue weighted by Gasteiger charge is -2.22. The van der Waals surface area contributed by atoms with Gasteiger partial charge >= 0.3 is 12.1 Å². The normalized spacial score (nSPS) is 20.0. The molecule has 0 spiro atoms. The molecule has 1 aromatic carbocycles. The summed E-state index contributed by atoms with van der Waals surface area (Å²) in [5.41, 5.74) is 1.04. The summed E-state index contributed by atoms with van der Waals surface area (Å²) in [5, 5.41) is 0. The lowest BCUT2D eigenvalue weighted by atomic mass is 10.1. The molecule has 1 aliphatic heterocycles. The average Bonchev–Trinajstić information content (AvgIpc) is 2.79. The fourth-order valence-corrected chi connectivity index (χ4v) is 2.14. The molecule has 0 radical (unpaired) electrons. The Kier molecular flexibility index (Phi) is 4.04. The van der Waals surface area contributed by atoms with Gasteiger partial charge in [-0.1, -0.05) is 30.3 Å². The van der Waals surface area contributed by atoms with E-state index >= 15 is 0 Å². The molecule has 0 aromatic heterocycles. The van der Waals surface area contributed by atoms with Crippen molar-refractivity contribution in [3.05, 3.63) is 35.9 Å². The molecular formula is C14H17NO4. The molecule has 1 heterocycles. The van der Waals surface area contributed by atoms with Gasteiger partial charge in [0.15, 0.2) is 0 Å². The third kappa shape index (κ3) is 3.05. The number of benzene rings is 1. The maximum atomic E-state index is 11.8. The summed E-state index contributed by atoms with van der Waals surface area (Å²) in [4.78, 5) is 24.6. The first kappa shape index (κ1) is 13.4. The molecule has 0 aliphatic carbocycles. The Morgan fingerprint density at radius 1 is 1.47 bits per heavy atom. The topological polar surface area (TPSA) is 55.8 Å². The second-order valence-corrected chi connectivity index (χ2v) is 4.53. The summed E-state index contributed by atoms with van der Waals surface area (Å²) in [6.45, 7) is 2.35. The van der Waals surface area contributed by atoms with Crippen molar-refractivity contribution in [1.29, 1.82) is 0 Å². The van der Waals surface area contributed by atoms with E-state index in [2.05, 4.69) is 4.74 Å². The first-order chi connectivity index (χ1) is 9.11. The maximum absolute atomic E-state index is 11.8. The first-order valence-corrected chi connectivity index (χ1v) is 6.21. The smallest absolute Gasteiger partial charge is 0.410 e. The number of cyclic esters (lactones) is 1. The fourth-order valence-electron chi connectivity index (χ4n) is 2.14. The summed E-state index contributed by atoms with van der Waals surface area (Å²) >= 11 is 0. The van der Waals surface area contributed by atoms with E-state index in [1.54, 1.807) is 4.90 Å². The molecule has 102 valence electrons. The van der Waals surface area contributed by atoms with Gasteiger partial charge in [0.25, 0.3) is 0 Å². The second kappa shape index (κ2) is 5.73. The van der Waals surface area contributed by atoms with Crippen LogP contribution in [0.3, 0.4) is 0 Å². The van der Waals surface area contributed by atoms with Crippen molar-refractivity contribution in [3.8, 4) is 0 Å². The highest BCUT2D eigenvalue weighted by Crippen LogP contribution is 2.26. The maximum Gasteiger partial charge on any atom is 0.410 e. The van der Waals surface area contributed by atoms with E-state index in [1.807, 2.05) is 37.3 Å². The van der Waals surface area contributed by atoms with Gasteiger partial charge in [-0.25, -0.2) is 4.79 Å². The molecule has 0 N–H and O–H groups in total. The van der Waals surface area contributed by atoms with E-state index in [1.165, 1.54) is 7.11 Å². The Hall–Kier alpha value is -2.04. The molecule has 19 heavy (non-hydrogen) atoms. The number of hydrogen-bond acceptors (Lipinski definition) is 4. The van der Waals surface area contributed by atoms with Crippen LogP contribution in [0.1, 0.15) is 24.9 Å². The van der Waals surface area contributed by atoms with Crippen LogP contribution in [0.15, 0.2) is 30.3 Å². The van der Waals surface area contributed by atoms with Gasteiger partial charge in [0.1, 0.15) is 6.10 Å². The number of ether oxygens (including phenoxy) is 2. The fraction of sp³-hybridized carbons (Fsp3) is 0.429. The number of hydrogen-bond donors (Lipinski definition) is 0. The van der Waals surface area contributed by atoms with Crippen LogP contribution in [0.4, 0.5) is 4.79 Å². The predicted octanol–water partition coefficient (Wildman–Crippen LogP) is 2.13. The summed E-state index contributed by atoms with van der Waals surface area (Å²) in [6, 6.07) is 9.64. The number of nitrogens with zero attached hydrogens (tertiary/aromatic N) is 1. The molecule has 2 atom stereocenters. The molecular weight excluding hydrogens is 246 g/mol. The molecule has 1 aromatic rings. The number of carbonyl (C=O) groups excluding carboxylic acids is 2. The molecule has 1 saturated heterocycles. The molecule has 1 amide bonds. The molecule has 1 aliphatic rings. The van der Waals surface area contributed by atoms with Crippen molar-refractivity contribution in [3.63, 3.8) is 0 Å². The average molecular weight is 263 g/mol. The van der Waals surface area contributed by atoms with Crippen molar-refractivity contribution in [2.24, 2.45) is 0 Å². The largest absolute Gasteiger partial charge is 0.469 e. The van der Waals surface area contributed by atoms with Crippen molar-refractivity contribution in [2.75, 3.05) is 13.7 Å². The Morgan fingerprint density at radius 3 is 2.79 bits per heavy atom. The van der Waals surface area contributed by atoms with Crippen LogP contribution in [0, 0.1) is 0 Å². The Labute approximate surface area is 112 Å². The first-order valence-electron chi connectivity index (χ1n) is 6.21. The third-order valence-electron chi connectivity index (χ3n) is 3.27. The minimum absolute atomic E-state index is 0.0728. The highest BCUT2D eigenvalue weighted by Gasteiger charge is 2.36. The third-order valence-corrected chi connectivity index (χ3v) is 3.27. The van der Waals surface area contributed by atoms with Gasteiger partial charge in [-0.05, 0) is 12.5 Å². The predicted molar refractivity (Wildman–Crippen MR) is 68.5 cm³/mol. The molecule has 5 heteroatoms. The van der Waals surface area contributed by atoms with Crippen molar-refractivity contribution in [1.82, 2.24) is 4.90 Å². The number of carbonyl (C=O) groups is 2. The van der Waals surface area contributed by atoms with Crippen LogP contribution in [0.2, 0.25) is 0 Å². The number of methoxy groups -OCH3 is 1. The molecule has 1 fully saturated rings. The van der Waals surface area contributed by atoms with E-state index in [9.17, 15) is 9.59 Å². The van der Waals surface area contributed by atoms with E-state index in [-0.39, 0.29) is 24.5 Å². The highest BCUT2D eigenvalue weighted by atomic mass is 16.6. The lowest BCUT2D eigenvalue weighted by Crippen LogP contribution is -2.28. The Balaban J connectivity index is 2.02. The van der Waals surface area contributed by atoms with Gasteiger partial charge in [0.2, 0.25) is 0 Å². The quantitative estimate of drug-likeness (QED) is 0.781. The van der Waals surface area contributed by atoms with Crippen LogP contribution in [0.25, 0.3) is 0 Å². The molecule has 0 bridgehead atoms. The van der Waals surface area contributed by atoms with Crippen molar-refractivity contribution in [2.45, 2.75) is 25.5 Å². The van der Waals surface area contributed by atoms with Crippen LogP contribution in [-0.4, -0.2) is 36.7 Å². The zero-order valence-corrected chi connectivity index (χ0v) is 11.0. The minimum atomic E-state index is -0.425. The Bertz CT molecular complexity index is 460. The zero-order valence-electron chi connectivity index (χ0n) is 11.0. The van der Waals surface area contributed by atoms with Gasteiger partial charge in [-0.3, -0.25) is 9.69 Å². The molecule has 0 saturated carbocycles. The second-order valence-electron chi connectivity index (χ2n) is 4.53. The molecule has 1 unspecified atom stereocenters. The van der Waals surface area contributed by atoms with Crippen LogP contribution < -0.4 is 0 Å². The monoisotopic (exact) mass is 263 g/mol. The van der Waals surface area contributed by atoms with Gasteiger partial charge in [-0.15, -0.1) is 0 Å². The molecule has 5 nitrogen and oxygen atoms in total. The Morgan fingerprint density at radius 2 is 2.16 bits per heavy atom. The lowest BCUT2D eigenvalue weighted by molar-refractivity contribution is -0.142. The zero-order chi connectivity index (χ0) is 13.8. The van der Waals surface area contributed by atoms with Gasteiger partial charge < -0.3 is 9.47 Å². The summed E-state index contributed by atoms with van der Waals surface area (Å²) < 4.78 is 9.75. The van der Waals surface area contributed by atoms with Crippen LogP contribution in [0.5, 0.6) is 0 Å². The van der Waals surface area contributed by atoms with E-state index in [4.69, 9.17) is 4.74 Å². The summed E-state index contributed by atoms with van der Waals surface area (Å²) in [7, 11) is 1.32. The van der Waals surface area contributed by atoms with E-state index < -0.39 is 6.10 Å². The summed E-state index contributed by atoms with van der Waals surface area (Å²) in [5.74, 6) is -0.369. The van der Waals surface area contributed by atoms with Crippen molar-refractivity contribution < 1.29 is 19.1 Å². The minimum Gasteiger partial charge on any atom is -0.469 e. The van der Waals surface area contributed by atoms with Crippen LogP contribution in [-0.2, 0) is 14.3 Å². The number of esters is 1.